The van der Waals surface area contributed by atoms with Crippen molar-refractivity contribution >= 4 is 5.91 Å². The molecule has 1 fully saturated rings. The van der Waals surface area contributed by atoms with E-state index in [9.17, 15) is 4.79 Å². The molecule has 1 unspecified atom stereocenters. The summed E-state index contributed by atoms with van der Waals surface area (Å²) < 4.78 is 5.78. The lowest BCUT2D eigenvalue weighted by molar-refractivity contribution is -0.0247. The highest BCUT2D eigenvalue weighted by Crippen LogP contribution is 2.22. The van der Waals surface area contributed by atoms with Crippen LogP contribution < -0.4 is 0 Å². The van der Waals surface area contributed by atoms with Crippen molar-refractivity contribution in [2.75, 3.05) is 19.7 Å². The van der Waals surface area contributed by atoms with Gasteiger partial charge in [0.2, 0.25) is 0 Å². The molecule has 2 aromatic heterocycles. The highest BCUT2D eigenvalue weighted by atomic mass is 16.5. The average Bonchev–Trinajstić information content (AvgIpc) is 2.55. The van der Waals surface area contributed by atoms with E-state index >= 15 is 0 Å². The number of nitrogens with zero attached hydrogens (tertiary/aromatic N) is 3. The van der Waals surface area contributed by atoms with Crippen LogP contribution in [0.4, 0.5) is 0 Å². The number of hydrogen-bond acceptors (Lipinski definition) is 4. The third-order valence-electron chi connectivity index (χ3n) is 3.87. The molecule has 0 aromatic carbocycles. The first-order valence-electron chi connectivity index (χ1n) is 7.39. The number of aryl methyl sites for hydroxylation is 2. The third kappa shape index (κ3) is 2.99. The number of pyridine rings is 2. The normalized spacial score (nSPS) is 18.3. The van der Waals surface area contributed by atoms with Crippen LogP contribution in [0.25, 0.3) is 0 Å². The topological polar surface area (TPSA) is 55.3 Å². The summed E-state index contributed by atoms with van der Waals surface area (Å²) in [6.45, 7) is 5.55. The van der Waals surface area contributed by atoms with Gasteiger partial charge in [0.25, 0.3) is 5.91 Å². The van der Waals surface area contributed by atoms with Crippen LogP contribution >= 0.6 is 0 Å². The molecule has 5 nitrogen and oxygen atoms in total. The van der Waals surface area contributed by atoms with Crippen LogP contribution in [0.1, 0.15) is 33.3 Å². The smallest absolute Gasteiger partial charge is 0.254 e. The fourth-order valence-electron chi connectivity index (χ4n) is 2.57. The van der Waals surface area contributed by atoms with Crippen molar-refractivity contribution in [3.8, 4) is 0 Å². The van der Waals surface area contributed by atoms with Gasteiger partial charge in [0.15, 0.2) is 0 Å². The number of amides is 1. The zero-order valence-corrected chi connectivity index (χ0v) is 12.8. The van der Waals surface area contributed by atoms with Gasteiger partial charge in [-0.25, -0.2) is 0 Å². The minimum Gasteiger partial charge on any atom is -0.368 e. The average molecular weight is 297 g/mol. The summed E-state index contributed by atoms with van der Waals surface area (Å²) >= 11 is 0. The van der Waals surface area contributed by atoms with E-state index in [2.05, 4.69) is 9.97 Å². The molecule has 1 aliphatic rings. The molecule has 2 aromatic rings. The molecule has 0 N–H and O–H groups in total. The summed E-state index contributed by atoms with van der Waals surface area (Å²) in [7, 11) is 0. The Bertz CT molecular complexity index is 670. The first-order chi connectivity index (χ1) is 10.6. The Hall–Kier alpha value is -2.27. The monoisotopic (exact) mass is 297 g/mol. The van der Waals surface area contributed by atoms with Crippen molar-refractivity contribution in [1.29, 1.82) is 0 Å². The number of carbonyl (C=O) groups is 1. The molecular weight excluding hydrogens is 278 g/mol. The molecule has 1 aliphatic heterocycles. The molecule has 114 valence electrons. The number of hydrogen-bond donors (Lipinski definition) is 0. The Labute approximate surface area is 130 Å². The van der Waals surface area contributed by atoms with Gasteiger partial charge in [-0.15, -0.1) is 0 Å². The standard InChI is InChI=1S/C17H19N3O2/c1-12-3-4-15(19-9-12)16-11-20(7-8-22-16)17(21)14-5-6-18-10-13(14)2/h3-6,9-10,16H,7-8,11H2,1-2H3. The molecule has 0 bridgehead atoms. The van der Waals surface area contributed by atoms with Crippen molar-refractivity contribution in [2.24, 2.45) is 0 Å². The van der Waals surface area contributed by atoms with E-state index in [1.54, 1.807) is 18.5 Å². The van der Waals surface area contributed by atoms with E-state index in [-0.39, 0.29) is 12.0 Å². The maximum absolute atomic E-state index is 12.7. The largest absolute Gasteiger partial charge is 0.368 e. The van der Waals surface area contributed by atoms with Crippen LogP contribution in [0.15, 0.2) is 36.8 Å². The second kappa shape index (κ2) is 6.23. The lowest BCUT2D eigenvalue weighted by Crippen LogP contribution is -2.42. The van der Waals surface area contributed by atoms with E-state index in [1.165, 1.54) is 0 Å². The van der Waals surface area contributed by atoms with Gasteiger partial charge in [0.1, 0.15) is 6.10 Å². The number of carbonyl (C=O) groups excluding carboxylic acids is 1. The van der Waals surface area contributed by atoms with Gasteiger partial charge < -0.3 is 9.64 Å². The van der Waals surface area contributed by atoms with E-state index in [4.69, 9.17) is 4.74 Å². The lowest BCUT2D eigenvalue weighted by Gasteiger charge is -2.33. The summed E-state index contributed by atoms with van der Waals surface area (Å²) in [5, 5.41) is 0. The highest BCUT2D eigenvalue weighted by molar-refractivity contribution is 5.95. The van der Waals surface area contributed by atoms with Crippen molar-refractivity contribution in [1.82, 2.24) is 14.9 Å². The zero-order valence-electron chi connectivity index (χ0n) is 12.8. The molecule has 1 amide bonds. The van der Waals surface area contributed by atoms with Crippen molar-refractivity contribution in [2.45, 2.75) is 20.0 Å². The van der Waals surface area contributed by atoms with Crippen molar-refractivity contribution < 1.29 is 9.53 Å². The third-order valence-corrected chi connectivity index (χ3v) is 3.87. The SMILES string of the molecule is Cc1ccc(C2CN(C(=O)c3ccncc3C)CCO2)nc1. The molecule has 3 heterocycles. The molecule has 1 saturated heterocycles. The van der Waals surface area contributed by atoms with Gasteiger partial charge in [-0.1, -0.05) is 6.07 Å². The second-order valence-corrected chi connectivity index (χ2v) is 5.56. The van der Waals surface area contributed by atoms with Gasteiger partial charge in [-0.05, 0) is 37.1 Å². The second-order valence-electron chi connectivity index (χ2n) is 5.56. The van der Waals surface area contributed by atoms with Gasteiger partial charge in [0, 0.05) is 30.7 Å². The Morgan fingerprint density at radius 3 is 2.86 bits per heavy atom. The number of morpholine rings is 1. The molecule has 5 heteroatoms. The Morgan fingerprint density at radius 1 is 1.27 bits per heavy atom. The molecule has 0 saturated carbocycles. The summed E-state index contributed by atoms with van der Waals surface area (Å²) in [5.74, 6) is 0.0281. The summed E-state index contributed by atoms with van der Waals surface area (Å²) in [5.41, 5.74) is 3.57. The maximum Gasteiger partial charge on any atom is 0.254 e. The maximum atomic E-state index is 12.7. The molecule has 0 aliphatic carbocycles. The van der Waals surface area contributed by atoms with Gasteiger partial charge in [-0.3, -0.25) is 14.8 Å². The van der Waals surface area contributed by atoms with Crippen LogP contribution in [-0.2, 0) is 4.74 Å². The van der Waals surface area contributed by atoms with E-state index in [0.29, 0.717) is 25.3 Å². The van der Waals surface area contributed by atoms with Crippen molar-refractivity contribution in [3.05, 3.63) is 59.2 Å². The summed E-state index contributed by atoms with van der Waals surface area (Å²) in [6, 6.07) is 5.75. The Kier molecular flexibility index (Phi) is 4.15. The fraction of sp³-hybridized carbons (Fsp3) is 0.353. The fourth-order valence-corrected chi connectivity index (χ4v) is 2.57. The minimum absolute atomic E-state index is 0.0281. The van der Waals surface area contributed by atoms with E-state index < -0.39 is 0 Å². The first-order valence-corrected chi connectivity index (χ1v) is 7.39. The molecule has 0 radical (unpaired) electrons. The predicted octanol–water partition coefficient (Wildman–Crippen LogP) is 2.31. The molecule has 22 heavy (non-hydrogen) atoms. The molecular formula is C17H19N3O2. The summed E-state index contributed by atoms with van der Waals surface area (Å²) in [6.07, 6.45) is 5.03. The minimum atomic E-state index is -0.166. The molecule has 1 atom stereocenters. The van der Waals surface area contributed by atoms with E-state index in [1.807, 2.05) is 37.1 Å². The Morgan fingerprint density at radius 2 is 2.14 bits per heavy atom. The van der Waals surface area contributed by atoms with E-state index in [0.717, 1.165) is 16.8 Å². The van der Waals surface area contributed by atoms with Gasteiger partial charge in [-0.2, -0.15) is 0 Å². The zero-order chi connectivity index (χ0) is 15.5. The van der Waals surface area contributed by atoms with Crippen LogP contribution in [0.2, 0.25) is 0 Å². The number of ether oxygens (including phenoxy) is 1. The van der Waals surface area contributed by atoms with Crippen LogP contribution in [0, 0.1) is 13.8 Å². The van der Waals surface area contributed by atoms with Gasteiger partial charge in [0.05, 0.1) is 18.8 Å². The quantitative estimate of drug-likeness (QED) is 0.853. The highest BCUT2D eigenvalue weighted by Gasteiger charge is 2.27. The predicted molar refractivity (Wildman–Crippen MR) is 82.5 cm³/mol. The van der Waals surface area contributed by atoms with Crippen LogP contribution in [0.5, 0.6) is 0 Å². The van der Waals surface area contributed by atoms with Gasteiger partial charge >= 0.3 is 0 Å². The van der Waals surface area contributed by atoms with Crippen LogP contribution in [0.3, 0.4) is 0 Å². The lowest BCUT2D eigenvalue weighted by atomic mass is 10.1. The van der Waals surface area contributed by atoms with Crippen LogP contribution in [-0.4, -0.2) is 40.5 Å². The first kappa shape index (κ1) is 14.7. The summed E-state index contributed by atoms with van der Waals surface area (Å²) in [4.78, 5) is 23.0. The Balaban J connectivity index is 1.77. The van der Waals surface area contributed by atoms with Crippen molar-refractivity contribution in [3.63, 3.8) is 0 Å². The molecule has 3 rings (SSSR count). The number of rotatable bonds is 2. The molecule has 0 spiro atoms. The number of aromatic nitrogens is 2.